The summed E-state index contributed by atoms with van der Waals surface area (Å²) in [6, 6.07) is 7.35. The smallest absolute Gasteiger partial charge is 0.253 e. The van der Waals surface area contributed by atoms with Crippen LogP contribution >= 0.6 is 22.7 Å². The van der Waals surface area contributed by atoms with Crippen LogP contribution in [0.4, 0.5) is 5.13 Å². The van der Waals surface area contributed by atoms with E-state index in [1.165, 1.54) is 21.7 Å². The number of amides is 1. The van der Waals surface area contributed by atoms with E-state index in [0.717, 1.165) is 30.7 Å². The van der Waals surface area contributed by atoms with Crippen LogP contribution in [0.25, 0.3) is 10.2 Å². The molecule has 0 bridgehead atoms. The van der Waals surface area contributed by atoms with Crippen LogP contribution in [0.5, 0.6) is 0 Å². The Morgan fingerprint density at radius 2 is 1.86 bits per heavy atom. The molecule has 3 aromatic rings. The Morgan fingerprint density at radius 3 is 2.50 bits per heavy atom. The fraction of sp³-hybridized carbons (Fsp3) is 0.478. The van der Waals surface area contributed by atoms with E-state index in [0.29, 0.717) is 41.3 Å². The predicted octanol–water partition coefficient (Wildman–Crippen LogP) is 3.29. The van der Waals surface area contributed by atoms with Gasteiger partial charge in [-0.2, -0.15) is 4.31 Å². The van der Waals surface area contributed by atoms with Gasteiger partial charge in [0.25, 0.3) is 10.0 Å². The van der Waals surface area contributed by atoms with Crippen LogP contribution in [0, 0.1) is 0 Å². The molecule has 3 heterocycles. The Hall–Kier alpha value is -1.90. The number of aromatic nitrogens is 1. The zero-order chi connectivity index (χ0) is 26.1. The number of thiazole rings is 1. The van der Waals surface area contributed by atoms with Gasteiger partial charge in [0.15, 0.2) is 15.0 Å². The lowest BCUT2D eigenvalue weighted by Crippen LogP contribution is -2.49. The fourth-order valence-corrected chi connectivity index (χ4v) is 9.08. The zero-order valence-corrected chi connectivity index (χ0v) is 23.7. The first-order valence-electron chi connectivity index (χ1n) is 11.8. The van der Waals surface area contributed by atoms with Gasteiger partial charge in [-0.1, -0.05) is 37.3 Å². The molecule has 13 heteroatoms. The molecule has 2 aromatic heterocycles. The predicted molar refractivity (Wildman–Crippen MR) is 144 cm³/mol. The molecular weight excluding hydrogens is 541 g/mol. The molecule has 4 rings (SSSR count). The van der Waals surface area contributed by atoms with Gasteiger partial charge in [0.05, 0.1) is 9.60 Å². The second-order valence-electron chi connectivity index (χ2n) is 8.59. The van der Waals surface area contributed by atoms with Crippen LogP contribution in [0.1, 0.15) is 26.7 Å². The van der Waals surface area contributed by atoms with Crippen molar-refractivity contribution in [2.45, 2.75) is 41.8 Å². The number of sulfonamides is 1. The number of hydrogen-bond acceptors (Lipinski definition) is 9. The lowest BCUT2D eigenvalue weighted by molar-refractivity contribution is -0.121. The van der Waals surface area contributed by atoms with Gasteiger partial charge in [-0.05, 0) is 49.5 Å². The Bertz CT molecular complexity index is 1430. The number of carbonyl (C=O) groups is 1. The first-order chi connectivity index (χ1) is 17.1. The standard InChI is InChI=1S/C23H30N4O5S4/c1-4-25(5-2)14-15-26(23-24-21-18(34-23)10-6-11-19(21)35(3,29)30)22(28)17-9-7-13-27(17)36(31,32)20-12-8-16-33-20/h6,8,10-12,16-17H,4-5,7,9,13-15H2,1-3H3. The van der Waals surface area contributed by atoms with Crippen LogP contribution in [0.15, 0.2) is 44.8 Å². The summed E-state index contributed by atoms with van der Waals surface area (Å²) in [5.41, 5.74) is 0.329. The van der Waals surface area contributed by atoms with Crippen molar-refractivity contribution >= 4 is 63.8 Å². The molecule has 1 atom stereocenters. The molecule has 0 saturated carbocycles. The molecule has 1 amide bonds. The molecule has 0 spiro atoms. The summed E-state index contributed by atoms with van der Waals surface area (Å²) in [5.74, 6) is -0.334. The molecular formula is C23H30N4O5S4. The van der Waals surface area contributed by atoms with Gasteiger partial charge >= 0.3 is 0 Å². The third kappa shape index (κ3) is 5.36. The van der Waals surface area contributed by atoms with Crippen molar-refractivity contribution in [2.75, 3.05) is 43.9 Å². The first kappa shape index (κ1) is 27.1. The maximum atomic E-state index is 14.0. The van der Waals surface area contributed by atoms with Gasteiger partial charge in [-0.3, -0.25) is 9.69 Å². The highest BCUT2D eigenvalue weighted by atomic mass is 32.2. The molecule has 0 N–H and O–H groups in total. The Morgan fingerprint density at radius 1 is 1.11 bits per heavy atom. The van der Waals surface area contributed by atoms with Gasteiger partial charge in [-0.15, -0.1) is 11.3 Å². The summed E-state index contributed by atoms with van der Waals surface area (Å²) in [7, 11) is -7.32. The SMILES string of the molecule is CCN(CC)CCN(C(=O)C1CCCN1S(=O)(=O)c1cccs1)c1nc2c(S(C)(=O)=O)cccc2s1. The van der Waals surface area contributed by atoms with E-state index in [1.807, 2.05) is 13.8 Å². The lowest BCUT2D eigenvalue weighted by atomic mass is 10.2. The molecule has 36 heavy (non-hydrogen) atoms. The topological polar surface area (TPSA) is 108 Å². The zero-order valence-electron chi connectivity index (χ0n) is 20.5. The van der Waals surface area contributed by atoms with E-state index in [4.69, 9.17) is 0 Å². The second-order valence-corrected chi connectivity index (χ2v) is 14.7. The van der Waals surface area contributed by atoms with Crippen LogP contribution < -0.4 is 4.90 Å². The van der Waals surface area contributed by atoms with Crippen LogP contribution in [0.3, 0.4) is 0 Å². The molecule has 1 saturated heterocycles. The fourth-order valence-electron chi connectivity index (χ4n) is 4.39. The average Bonchev–Trinajstić information content (AvgIpc) is 3.61. The number of anilines is 1. The highest BCUT2D eigenvalue weighted by molar-refractivity contribution is 7.91. The number of nitrogens with zero attached hydrogens (tertiary/aromatic N) is 4. The number of carbonyl (C=O) groups excluding carboxylic acids is 1. The summed E-state index contributed by atoms with van der Waals surface area (Å²) in [6.45, 7) is 6.86. The minimum absolute atomic E-state index is 0.112. The van der Waals surface area contributed by atoms with E-state index in [-0.39, 0.29) is 21.6 Å². The minimum atomic E-state index is -3.80. The number of sulfone groups is 1. The molecule has 9 nitrogen and oxygen atoms in total. The third-order valence-corrected chi connectivity index (χ3v) is 11.8. The number of rotatable bonds is 10. The summed E-state index contributed by atoms with van der Waals surface area (Å²) < 4.78 is 53.4. The van der Waals surface area contributed by atoms with Crippen molar-refractivity contribution in [2.24, 2.45) is 0 Å². The van der Waals surface area contributed by atoms with E-state index < -0.39 is 25.9 Å². The summed E-state index contributed by atoms with van der Waals surface area (Å²) in [5, 5.41) is 2.08. The quantitative estimate of drug-likeness (QED) is 0.368. The summed E-state index contributed by atoms with van der Waals surface area (Å²) in [4.78, 5) is 22.4. The van der Waals surface area contributed by atoms with Crippen molar-refractivity contribution in [1.29, 1.82) is 0 Å². The molecule has 0 aliphatic carbocycles. The van der Waals surface area contributed by atoms with Gasteiger partial charge in [-0.25, -0.2) is 21.8 Å². The van der Waals surface area contributed by atoms with Crippen molar-refractivity contribution in [3.8, 4) is 0 Å². The van der Waals surface area contributed by atoms with E-state index in [9.17, 15) is 21.6 Å². The van der Waals surface area contributed by atoms with E-state index in [2.05, 4.69) is 9.88 Å². The van der Waals surface area contributed by atoms with Gasteiger partial charge in [0.2, 0.25) is 5.91 Å². The average molecular weight is 571 g/mol. The molecule has 0 radical (unpaired) electrons. The van der Waals surface area contributed by atoms with Crippen molar-refractivity contribution in [3.63, 3.8) is 0 Å². The van der Waals surface area contributed by atoms with Gasteiger partial charge in [0, 0.05) is 25.9 Å². The lowest BCUT2D eigenvalue weighted by Gasteiger charge is -2.29. The number of fused-ring (bicyclic) bond motifs is 1. The number of thiophene rings is 1. The molecule has 196 valence electrons. The van der Waals surface area contributed by atoms with Crippen LogP contribution in [-0.2, 0) is 24.7 Å². The van der Waals surface area contributed by atoms with Crippen molar-refractivity contribution in [1.82, 2.24) is 14.2 Å². The Labute approximate surface area is 220 Å². The normalized spacial score (nSPS) is 17.3. The number of hydrogen-bond donors (Lipinski definition) is 0. The summed E-state index contributed by atoms with van der Waals surface area (Å²) in [6.07, 6.45) is 2.14. The van der Waals surface area contributed by atoms with Gasteiger partial charge in [0.1, 0.15) is 15.8 Å². The molecule has 1 aliphatic rings. The molecule has 1 aliphatic heterocycles. The van der Waals surface area contributed by atoms with Crippen molar-refractivity contribution in [3.05, 3.63) is 35.7 Å². The van der Waals surface area contributed by atoms with E-state index in [1.54, 1.807) is 34.5 Å². The molecule has 1 unspecified atom stereocenters. The Kier molecular flexibility index (Phi) is 8.17. The number of para-hydroxylation sites is 1. The minimum Gasteiger partial charge on any atom is -0.302 e. The summed E-state index contributed by atoms with van der Waals surface area (Å²) >= 11 is 2.38. The second kappa shape index (κ2) is 10.8. The molecule has 1 aromatic carbocycles. The highest BCUT2D eigenvalue weighted by Crippen LogP contribution is 2.35. The first-order valence-corrected chi connectivity index (χ1v) is 16.8. The monoisotopic (exact) mass is 570 g/mol. The third-order valence-electron chi connectivity index (χ3n) is 6.35. The maximum Gasteiger partial charge on any atom is 0.253 e. The van der Waals surface area contributed by atoms with Gasteiger partial charge < -0.3 is 4.90 Å². The largest absolute Gasteiger partial charge is 0.302 e. The van der Waals surface area contributed by atoms with Crippen LogP contribution in [0.2, 0.25) is 0 Å². The van der Waals surface area contributed by atoms with Crippen LogP contribution in [-0.4, -0.2) is 82.0 Å². The number of benzene rings is 1. The highest BCUT2D eigenvalue weighted by Gasteiger charge is 2.42. The molecule has 1 fully saturated rings. The van der Waals surface area contributed by atoms with Crippen molar-refractivity contribution < 1.29 is 21.6 Å². The Balaban J connectivity index is 1.74. The number of likely N-dealkylation sites (N-methyl/N-ethyl adjacent to an activating group) is 1. The maximum absolute atomic E-state index is 14.0. The van der Waals surface area contributed by atoms with E-state index >= 15 is 0 Å².